The summed E-state index contributed by atoms with van der Waals surface area (Å²) in [6.45, 7) is 2.70. The fourth-order valence-electron chi connectivity index (χ4n) is 1.29. The molecule has 0 aromatic heterocycles. The third-order valence-electron chi connectivity index (χ3n) is 2.05. The maximum absolute atomic E-state index is 10.4. The highest BCUT2D eigenvalue weighted by molar-refractivity contribution is 6.04. The quantitative estimate of drug-likeness (QED) is 0.467. The molecule has 5 heteroatoms. The molecule has 1 atom stereocenters. The maximum atomic E-state index is 10.4. The van der Waals surface area contributed by atoms with Crippen molar-refractivity contribution in [3.05, 3.63) is 0 Å². The van der Waals surface area contributed by atoms with Crippen molar-refractivity contribution in [3.63, 3.8) is 0 Å². The average Bonchev–Trinajstić information content (AvgIpc) is 1.93. The second-order valence-corrected chi connectivity index (χ2v) is 2.94. The highest BCUT2D eigenvalue weighted by Gasteiger charge is 2.20. The van der Waals surface area contributed by atoms with Gasteiger partial charge >= 0.3 is 5.97 Å². The number of piperazine rings is 1. The molecule has 0 aromatic rings. The summed E-state index contributed by atoms with van der Waals surface area (Å²) in [5, 5.41) is 11.7. The van der Waals surface area contributed by atoms with Crippen LogP contribution in [-0.2, 0) is 4.79 Å². The predicted molar refractivity (Wildman–Crippen MR) is 44.2 cm³/mol. The van der Waals surface area contributed by atoms with E-state index in [4.69, 9.17) is 5.11 Å². The Morgan fingerprint density at radius 3 is 3.09 bits per heavy atom. The van der Waals surface area contributed by atoms with Crippen LogP contribution in [0.3, 0.4) is 0 Å². The molecular weight excluding hydrogens is 143 g/mol. The predicted octanol–water partition coefficient (Wildman–Crippen LogP) is -1.72. The Kier molecular flexibility index (Phi) is 2.90. The standard InChI is InChI=1S/C6H13BN2O2/c7-9-2-1-8-4-5(9)3-6(10)11/h5,8H,1-4,7H2,(H,10,11). The van der Waals surface area contributed by atoms with Crippen molar-refractivity contribution in [2.75, 3.05) is 19.6 Å². The summed E-state index contributed by atoms with van der Waals surface area (Å²) < 4.78 is 0. The minimum atomic E-state index is -0.717. The molecule has 1 heterocycles. The molecule has 4 nitrogen and oxygen atoms in total. The number of rotatable bonds is 2. The summed E-state index contributed by atoms with van der Waals surface area (Å²) in [5.41, 5.74) is 0. The molecule has 1 rings (SSSR count). The molecule has 11 heavy (non-hydrogen) atoms. The topological polar surface area (TPSA) is 52.6 Å². The normalized spacial score (nSPS) is 26.7. The molecule has 1 aliphatic heterocycles. The van der Waals surface area contributed by atoms with E-state index in [1.165, 1.54) is 0 Å². The van der Waals surface area contributed by atoms with Gasteiger partial charge in [-0.3, -0.25) is 4.79 Å². The molecular formula is C6H13BN2O2. The summed E-state index contributed by atoms with van der Waals surface area (Å²) in [4.78, 5) is 12.4. The van der Waals surface area contributed by atoms with Crippen molar-refractivity contribution in [1.82, 2.24) is 10.1 Å². The van der Waals surface area contributed by atoms with Crippen molar-refractivity contribution < 1.29 is 9.90 Å². The number of carboxylic acids is 1. The van der Waals surface area contributed by atoms with E-state index in [-0.39, 0.29) is 12.5 Å². The van der Waals surface area contributed by atoms with Crippen LogP contribution in [0, 0.1) is 0 Å². The second-order valence-electron chi connectivity index (χ2n) is 2.94. The monoisotopic (exact) mass is 156 g/mol. The van der Waals surface area contributed by atoms with Gasteiger partial charge in [0.2, 0.25) is 0 Å². The van der Waals surface area contributed by atoms with Gasteiger partial charge < -0.3 is 15.2 Å². The van der Waals surface area contributed by atoms with E-state index in [2.05, 4.69) is 10.1 Å². The lowest BCUT2D eigenvalue weighted by atomic mass is 10.1. The molecule has 1 fully saturated rings. The van der Waals surface area contributed by atoms with E-state index in [9.17, 15) is 4.79 Å². The molecule has 1 saturated heterocycles. The first-order valence-corrected chi connectivity index (χ1v) is 3.83. The number of nitrogens with zero attached hydrogens (tertiary/aromatic N) is 1. The van der Waals surface area contributed by atoms with Crippen LogP contribution >= 0.6 is 0 Å². The molecule has 2 N–H and O–H groups in total. The molecule has 0 aromatic carbocycles. The van der Waals surface area contributed by atoms with Gasteiger partial charge in [0, 0.05) is 19.1 Å². The molecule has 1 unspecified atom stereocenters. The number of nitrogens with one attached hydrogen (secondary N) is 1. The van der Waals surface area contributed by atoms with Crippen LogP contribution in [0.4, 0.5) is 0 Å². The minimum absolute atomic E-state index is 0.168. The Morgan fingerprint density at radius 1 is 1.82 bits per heavy atom. The Hall–Kier alpha value is -0.545. The largest absolute Gasteiger partial charge is 0.481 e. The maximum Gasteiger partial charge on any atom is 0.304 e. The van der Waals surface area contributed by atoms with Crippen LogP contribution < -0.4 is 5.32 Å². The van der Waals surface area contributed by atoms with Crippen molar-refractivity contribution in [3.8, 4) is 0 Å². The van der Waals surface area contributed by atoms with Crippen LogP contribution in [0.15, 0.2) is 0 Å². The van der Waals surface area contributed by atoms with Crippen LogP contribution in [0.5, 0.6) is 0 Å². The third kappa shape index (κ3) is 2.51. The van der Waals surface area contributed by atoms with E-state index in [0.29, 0.717) is 0 Å². The summed E-state index contributed by atoms with van der Waals surface area (Å²) >= 11 is 0. The molecule has 62 valence electrons. The van der Waals surface area contributed by atoms with Crippen LogP contribution in [0.25, 0.3) is 0 Å². The first kappa shape index (κ1) is 8.55. The molecule has 0 amide bonds. The Labute approximate surface area is 67.0 Å². The van der Waals surface area contributed by atoms with Crippen LogP contribution in [0.2, 0.25) is 0 Å². The lowest BCUT2D eigenvalue weighted by Gasteiger charge is -2.32. The fraction of sp³-hybridized carbons (Fsp3) is 0.833. The van der Waals surface area contributed by atoms with E-state index in [1.807, 2.05) is 7.98 Å². The molecule has 0 spiro atoms. The summed E-state index contributed by atoms with van der Waals surface area (Å²) in [7, 11) is 1.97. The number of hydrogen-bond donors (Lipinski definition) is 2. The zero-order valence-corrected chi connectivity index (χ0v) is 6.71. The Morgan fingerprint density at radius 2 is 2.55 bits per heavy atom. The van der Waals surface area contributed by atoms with E-state index in [1.54, 1.807) is 0 Å². The summed E-state index contributed by atoms with van der Waals surface area (Å²) in [6.07, 6.45) is 0.240. The van der Waals surface area contributed by atoms with Gasteiger partial charge in [-0.2, -0.15) is 0 Å². The summed E-state index contributed by atoms with van der Waals surface area (Å²) in [5.74, 6) is -0.717. The average molecular weight is 156 g/mol. The molecule has 0 saturated carbocycles. The van der Waals surface area contributed by atoms with E-state index < -0.39 is 5.97 Å². The minimum Gasteiger partial charge on any atom is -0.481 e. The highest BCUT2D eigenvalue weighted by Crippen LogP contribution is 2.02. The van der Waals surface area contributed by atoms with Crippen LogP contribution in [0.1, 0.15) is 6.42 Å². The molecule has 0 radical (unpaired) electrons. The van der Waals surface area contributed by atoms with Gasteiger partial charge in [0.05, 0.1) is 6.42 Å². The highest BCUT2D eigenvalue weighted by atomic mass is 16.4. The van der Waals surface area contributed by atoms with Crippen molar-refractivity contribution >= 4 is 14.0 Å². The first-order chi connectivity index (χ1) is 5.20. The smallest absolute Gasteiger partial charge is 0.304 e. The Bertz CT molecular complexity index is 154. The molecule has 0 bridgehead atoms. The van der Waals surface area contributed by atoms with E-state index >= 15 is 0 Å². The SMILES string of the molecule is BN1CCNCC1CC(=O)O. The lowest BCUT2D eigenvalue weighted by molar-refractivity contribution is -0.138. The first-order valence-electron chi connectivity index (χ1n) is 3.83. The third-order valence-corrected chi connectivity index (χ3v) is 2.05. The summed E-state index contributed by atoms with van der Waals surface area (Å²) in [6, 6.07) is 0.168. The van der Waals surface area contributed by atoms with Gasteiger partial charge in [-0.1, -0.05) is 0 Å². The zero-order chi connectivity index (χ0) is 8.27. The van der Waals surface area contributed by atoms with Gasteiger partial charge in [0.15, 0.2) is 7.98 Å². The molecule has 1 aliphatic rings. The van der Waals surface area contributed by atoms with Gasteiger partial charge in [-0.15, -0.1) is 0 Å². The van der Waals surface area contributed by atoms with Crippen molar-refractivity contribution in [2.45, 2.75) is 12.5 Å². The Balaban J connectivity index is 2.35. The number of hydrogen-bond acceptors (Lipinski definition) is 3. The van der Waals surface area contributed by atoms with Gasteiger partial charge in [0.1, 0.15) is 0 Å². The number of carbonyl (C=O) groups is 1. The number of carboxylic acid groups (broad SMARTS) is 1. The lowest BCUT2D eigenvalue weighted by Crippen LogP contribution is -2.50. The molecule has 0 aliphatic carbocycles. The van der Waals surface area contributed by atoms with Gasteiger partial charge in [-0.25, -0.2) is 0 Å². The number of aliphatic carboxylic acids is 1. The second kappa shape index (κ2) is 3.73. The van der Waals surface area contributed by atoms with Gasteiger partial charge in [0.25, 0.3) is 0 Å². The fourth-order valence-corrected chi connectivity index (χ4v) is 1.29. The van der Waals surface area contributed by atoms with Gasteiger partial charge in [-0.05, 0) is 6.54 Å². The van der Waals surface area contributed by atoms with E-state index in [0.717, 1.165) is 19.6 Å². The van der Waals surface area contributed by atoms with Crippen molar-refractivity contribution in [1.29, 1.82) is 0 Å². The zero-order valence-electron chi connectivity index (χ0n) is 6.71. The van der Waals surface area contributed by atoms with Crippen molar-refractivity contribution in [2.24, 2.45) is 0 Å². The van der Waals surface area contributed by atoms with Crippen LogP contribution in [-0.4, -0.2) is 49.5 Å².